The molecule has 0 aromatic heterocycles. The number of fused-ring (bicyclic) bond motifs is 1. The molecule has 9 nitrogen and oxygen atoms in total. The van der Waals surface area contributed by atoms with E-state index in [0.29, 0.717) is 32.7 Å². The highest BCUT2D eigenvalue weighted by atomic mass is 32.2. The number of morpholine rings is 1. The Hall–Kier alpha value is -1.36. The summed E-state index contributed by atoms with van der Waals surface area (Å²) < 4.78 is 9.71. The number of aliphatic hydroxyl groups is 1. The summed E-state index contributed by atoms with van der Waals surface area (Å²) in [7, 11) is 0. The van der Waals surface area contributed by atoms with E-state index in [9.17, 15) is 19.5 Å². The van der Waals surface area contributed by atoms with Crippen molar-refractivity contribution in [3.63, 3.8) is 0 Å². The van der Waals surface area contributed by atoms with Crippen LogP contribution in [0.25, 0.3) is 0 Å². The summed E-state index contributed by atoms with van der Waals surface area (Å²) in [5, 5.41) is 12.4. The Balaban J connectivity index is 1.55. The van der Waals surface area contributed by atoms with E-state index in [0.717, 1.165) is 32.5 Å². The smallest absolute Gasteiger partial charge is 0.311 e. The molecular formula is C22H35N3O6S. The average Bonchev–Trinajstić information content (AvgIpc) is 3.34. The van der Waals surface area contributed by atoms with Gasteiger partial charge in [-0.3, -0.25) is 19.3 Å². The summed E-state index contributed by atoms with van der Waals surface area (Å²) in [6.45, 7) is 8.66. The molecule has 2 N–H and O–H groups in total. The van der Waals surface area contributed by atoms with E-state index in [1.807, 2.05) is 6.92 Å². The van der Waals surface area contributed by atoms with E-state index in [1.165, 1.54) is 0 Å². The number of esters is 1. The van der Waals surface area contributed by atoms with E-state index in [2.05, 4.69) is 10.2 Å². The summed E-state index contributed by atoms with van der Waals surface area (Å²) in [5.74, 6) is -1.75. The predicted molar refractivity (Wildman–Crippen MR) is 119 cm³/mol. The minimum Gasteiger partial charge on any atom is -0.466 e. The molecule has 0 saturated carbocycles. The van der Waals surface area contributed by atoms with Crippen LogP contribution in [0.3, 0.4) is 0 Å². The molecule has 4 heterocycles. The maximum atomic E-state index is 13.6. The van der Waals surface area contributed by atoms with Gasteiger partial charge in [-0.15, -0.1) is 11.8 Å². The summed E-state index contributed by atoms with van der Waals surface area (Å²) >= 11 is 1.64. The standard InChI is InChI=1S/C22H35N3O6S/c1-3-31-20(29)16-15-19(28)25(8-4-12-26)17(22(15)6-5-21(16,2)32-22)18(27)23-7-9-24-10-13-30-14-11-24/h15-17,26H,3-14H2,1-2H3,(H,23,27)/t15-,16-,17?,21+,22?/m0/s1. The van der Waals surface area contributed by atoms with Gasteiger partial charge < -0.3 is 24.8 Å². The first kappa shape index (κ1) is 23.8. The van der Waals surface area contributed by atoms with Crippen LogP contribution in [0.5, 0.6) is 0 Å². The van der Waals surface area contributed by atoms with E-state index in [1.54, 1.807) is 23.6 Å². The van der Waals surface area contributed by atoms with Crippen molar-refractivity contribution in [1.29, 1.82) is 0 Å². The molecule has 2 amide bonds. The molecule has 0 radical (unpaired) electrons. The van der Waals surface area contributed by atoms with Crippen LogP contribution in [-0.4, -0.2) is 107 Å². The van der Waals surface area contributed by atoms with Crippen LogP contribution in [-0.2, 0) is 23.9 Å². The Labute approximate surface area is 193 Å². The zero-order valence-electron chi connectivity index (χ0n) is 19.0. The lowest BCUT2D eigenvalue weighted by atomic mass is 9.66. The molecule has 4 fully saturated rings. The highest BCUT2D eigenvalue weighted by molar-refractivity contribution is 8.02. The minimum absolute atomic E-state index is 0.0566. The van der Waals surface area contributed by atoms with Gasteiger partial charge in [0.1, 0.15) is 6.04 Å². The van der Waals surface area contributed by atoms with Crippen molar-refractivity contribution in [1.82, 2.24) is 15.1 Å². The summed E-state index contributed by atoms with van der Waals surface area (Å²) in [5.41, 5.74) is 0. The van der Waals surface area contributed by atoms with Gasteiger partial charge in [-0.2, -0.15) is 0 Å². The normalized spacial score (nSPS) is 36.4. The zero-order valence-corrected chi connectivity index (χ0v) is 19.8. The second-order valence-electron chi connectivity index (χ2n) is 9.33. The van der Waals surface area contributed by atoms with Crippen LogP contribution < -0.4 is 5.32 Å². The highest BCUT2D eigenvalue weighted by Gasteiger charge is 2.77. The number of hydrogen-bond donors (Lipinski definition) is 2. The molecule has 0 aromatic rings. The largest absolute Gasteiger partial charge is 0.466 e. The highest BCUT2D eigenvalue weighted by Crippen LogP contribution is 2.71. The summed E-state index contributed by atoms with van der Waals surface area (Å²) in [4.78, 5) is 43.9. The van der Waals surface area contributed by atoms with E-state index < -0.39 is 27.4 Å². The minimum atomic E-state index is -0.637. The fourth-order valence-corrected chi connectivity index (χ4v) is 8.40. The van der Waals surface area contributed by atoms with Crippen molar-refractivity contribution < 1.29 is 29.0 Å². The van der Waals surface area contributed by atoms with Crippen LogP contribution in [0.2, 0.25) is 0 Å². The molecule has 2 bridgehead atoms. The molecular weight excluding hydrogens is 434 g/mol. The molecule has 4 saturated heterocycles. The molecule has 10 heteroatoms. The van der Waals surface area contributed by atoms with Gasteiger partial charge in [-0.1, -0.05) is 0 Å². The number of aliphatic hydroxyl groups excluding tert-OH is 1. The number of nitrogens with zero attached hydrogens (tertiary/aromatic N) is 2. The predicted octanol–water partition coefficient (Wildman–Crippen LogP) is -0.138. The first-order chi connectivity index (χ1) is 15.4. The van der Waals surface area contributed by atoms with Gasteiger partial charge in [0.2, 0.25) is 11.8 Å². The fraction of sp³-hybridized carbons (Fsp3) is 0.864. The Bertz CT molecular complexity index is 747. The molecule has 4 aliphatic rings. The maximum absolute atomic E-state index is 13.6. The molecule has 0 aromatic carbocycles. The molecule has 32 heavy (non-hydrogen) atoms. The maximum Gasteiger partial charge on any atom is 0.311 e. The van der Waals surface area contributed by atoms with Crippen molar-refractivity contribution in [2.75, 3.05) is 59.2 Å². The number of ether oxygens (including phenoxy) is 2. The number of rotatable bonds is 9. The Morgan fingerprint density at radius 2 is 2.03 bits per heavy atom. The molecule has 5 atom stereocenters. The van der Waals surface area contributed by atoms with Gasteiger partial charge in [-0.25, -0.2) is 0 Å². The number of nitrogens with one attached hydrogen (secondary N) is 1. The Morgan fingerprint density at radius 3 is 2.72 bits per heavy atom. The molecule has 180 valence electrons. The third-order valence-corrected chi connectivity index (χ3v) is 9.44. The lowest BCUT2D eigenvalue weighted by Crippen LogP contribution is -2.54. The zero-order chi connectivity index (χ0) is 22.9. The monoisotopic (exact) mass is 469 g/mol. The number of carbonyl (C=O) groups is 3. The SMILES string of the molecule is CCOC(=O)[C@@H]1[C@H]2C(=O)N(CCCO)C(C(=O)NCCN3CCOCC3)C23CC[C@@]1(C)S3. The van der Waals surface area contributed by atoms with Crippen LogP contribution in [0.1, 0.15) is 33.1 Å². The Kier molecular flexibility index (Phi) is 7.05. The van der Waals surface area contributed by atoms with E-state index in [-0.39, 0.29) is 31.0 Å². The van der Waals surface area contributed by atoms with Crippen molar-refractivity contribution >= 4 is 29.5 Å². The third kappa shape index (κ3) is 3.93. The topological polar surface area (TPSA) is 108 Å². The van der Waals surface area contributed by atoms with Gasteiger partial charge in [0, 0.05) is 44.1 Å². The van der Waals surface area contributed by atoms with Gasteiger partial charge in [0.15, 0.2) is 0 Å². The third-order valence-electron chi connectivity index (χ3n) is 7.45. The molecule has 4 rings (SSSR count). The Morgan fingerprint density at radius 1 is 1.28 bits per heavy atom. The van der Waals surface area contributed by atoms with Crippen molar-refractivity contribution in [2.24, 2.45) is 11.8 Å². The fourth-order valence-electron chi connectivity index (χ4n) is 6.06. The molecule has 0 aliphatic carbocycles. The second-order valence-corrected chi connectivity index (χ2v) is 11.2. The number of likely N-dealkylation sites (tertiary alicyclic amines) is 1. The lowest BCUT2D eigenvalue weighted by Gasteiger charge is -2.34. The number of hydrogen-bond acceptors (Lipinski definition) is 8. The van der Waals surface area contributed by atoms with Gasteiger partial charge in [-0.05, 0) is 33.1 Å². The quantitative estimate of drug-likeness (QED) is 0.450. The second kappa shape index (κ2) is 9.48. The summed E-state index contributed by atoms with van der Waals surface area (Å²) in [6, 6.07) is -0.637. The van der Waals surface area contributed by atoms with Crippen LogP contribution in [0.15, 0.2) is 0 Å². The van der Waals surface area contributed by atoms with Gasteiger partial charge in [0.25, 0.3) is 0 Å². The number of thioether (sulfide) groups is 1. The van der Waals surface area contributed by atoms with Crippen molar-refractivity contribution in [3.8, 4) is 0 Å². The molecule has 2 unspecified atom stereocenters. The number of carbonyl (C=O) groups excluding carboxylic acids is 3. The molecule has 1 spiro atoms. The van der Waals surface area contributed by atoms with E-state index in [4.69, 9.17) is 9.47 Å². The van der Waals surface area contributed by atoms with Gasteiger partial charge in [0.05, 0.1) is 36.4 Å². The van der Waals surface area contributed by atoms with E-state index >= 15 is 0 Å². The van der Waals surface area contributed by atoms with Crippen LogP contribution >= 0.6 is 11.8 Å². The number of amides is 2. The summed E-state index contributed by atoms with van der Waals surface area (Å²) in [6.07, 6.45) is 1.89. The average molecular weight is 470 g/mol. The van der Waals surface area contributed by atoms with Crippen molar-refractivity contribution in [2.45, 2.75) is 48.6 Å². The van der Waals surface area contributed by atoms with Crippen molar-refractivity contribution in [3.05, 3.63) is 0 Å². The van der Waals surface area contributed by atoms with Gasteiger partial charge >= 0.3 is 5.97 Å². The van der Waals surface area contributed by atoms with Crippen LogP contribution in [0.4, 0.5) is 0 Å². The first-order valence-electron chi connectivity index (χ1n) is 11.7. The van der Waals surface area contributed by atoms with Crippen LogP contribution in [0, 0.1) is 11.8 Å². The first-order valence-corrected chi connectivity index (χ1v) is 12.6. The lowest BCUT2D eigenvalue weighted by molar-refractivity contribution is -0.155. The molecule has 4 aliphatic heterocycles.